The summed E-state index contributed by atoms with van der Waals surface area (Å²) in [6.45, 7) is 9.07. The van der Waals surface area contributed by atoms with Crippen molar-refractivity contribution in [3.05, 3.63) is 12.2 Å². The zero-order chi connectivity index (χ0) is 8.74. The molecule has 0 heterocycles. The molecule has 0 amide bonds. The van der Waals surface area contributed by atoms with Crippen molar-refractivity contribution >= 4 is 0 Å². The lowest BCUT2D eigenvalue weighted by Gasteiger charge is -2.22. The first kappa shape index (κ1) is 10.7. The summed E-state index contributed by atoms with van der Waals surface area (Å²) in [5.41, 5.74) is 0.550. The molecule has 0 atom stereocenters. The van der Waals surface area contributed by atoms with Crippen molar-refractivity contribution in [2.45, 2.75) is 53.4 Å². The molecule has 0 spiro atoms. The highest BCUT2D eigenvalue weighted by atomic mass is 14.2. The van der Waals surface area contributed by atoms with E-state index in [1.54, 1.807) is 0 Å². The monoisotopic (exact) mass is 154 g/mol. The van der Waals surface area contributed by atoms with E-state index in [0.717, 1.165) is 0 Å². The van der Waals surface area contributed by atoms with E-state index in [9.17, 15) is 0 Å². The average molecular weight is 154 g/mol. The summed E-state index contributed by atoms with van der Waals surface area (Å²) in [4.78, 5) is 0. The van der Waals surface area contributed by atoms with Crippen LogP contribution in [0.5, 0.6) is 0 Å². The molecule has 0 saturated heterocycles. The minimum Gasteiger partial charge on any atom is -0.0917 e. The first-order chi connectivity index (χ1) is 5.12. The van der Waals surface area contributed by atoms with Crippen LogP contribution in [-0.2, 0) is 0 Å². The molecule has 0 unspecified atom stereocenters. The number of hydrogen-bond acceptors (Lipinski definition) is 0. The molecule has 0 rings (SSSR count). The zero-order valence-electron chi connectivity index (χ0n) is 8.48. The molecule has 0 aliphatic rings. The van der Waals surface area contributed by atoms with Gasteiger partial charge in [0.05, 0.1) is 0 Å². The van der Waals surface area contributed by atoms with Crippen molar-refractivity contribution in [2.24, 2.45) is 5.41 Å². The molecule has 0 aromatic heterocycles. The van der Waals surface area contributed by atoms with Gasteiger partial charge in [-0.3, -0.25) is 0 Å². The van der Waals surface area contributed by atoms with E-state index < -0.39 is 0 Å². The second-order valence-corrected chi connectivity index (χ2v) is 4.02. The average Bonchev–Trinajstić information content (AvgIpc) is 1.87. The Bertz CT molecular complexity index is 109. The van der Waals surface area contributed by atoms with Crippen LogP contribution in [0.1, 0.15) is 53.4 Å². The normalized spacial score (nSPS) is 12.7. The minimum atomic E-state index is 0.550. The fraction of sp³-hybridized carbons (Fsp3) is 0.818. The Morgan fingerprint density at radius 1 is 1.18 bits per heavy atom. The molecule has 0 saturated carbocycles. The lowest BCUT2D eigenvalue weighted by Crippen LogP contribution is -2.09. The maximum atomic E-state index is 2.36. The molecule has 66 valence electrons. The van der Waals surface area contributed by atoms with E-state index in [-0.39, 0.29) is 0 Å². The molecule has 0 N–H and O–H groups in total. The summed E-state index contributed by atoms with van der Waals surface area (Å²) in [6, 6.07) is 0. The molecule has 0 aliphatic carbocycles. The van der Waals surface area contributed by atoms with Gasteiger partial charge >= 0.3 is 0 Å². The molecule has 0 heteroatoms. The van der Waals surface area contributed by atoms with Crippen LogP contribution in [0.2, 0.25) is 0 Å². The molecule has 0 bridgehead atoms. The Hall–Kier alpha value is -0.260. The summed E-state index contributed by atoms with van der Waals surface area (Å²) in [6.07, 6.45) is 9.63. The van der Waals surface area contributed by atoms with Gasteiger partial charge in [0.2, 0.25) is 0 Å². The Kier molecular flexibility index (Phi) is 5.27. The molecule has 0 nitrogen and oxygen atoms in total. The summed E-state index contributed by atoms with van der Waals surface area (Å²) in [5.74, 6) is 0. The van der Waals surface area contributed by atoms with Crippen LogP contribution in [0.25, 0.3) is 0 Å². The van der Waals surface area contributed by atoms with Gasteiger partial charge in [-0.1, -0.05) is 39.3 Å². The van der Waals surface area contributed by atoms with Gasteiger partial charge < -0.3 is 0 Å². The number of hydrogen-bond donors (Lipinski definition) is 0. The highest BCUT2D eigenvalue weighted by Crippen LogP contribution is 2.27. The van der Waals surface area contributed by atoms with E-state index in [2.05, 4.69) is 39.8 Å². The second-order valence-electron chi connectivity index (χ2n) is 4.02. The van der Waals surface area contributed by atoms with E-state index in [1.807, 2.05) is 0 Å². The fourth-order valence-corrected chi connectivity index (χ4v) is 1.44. The van der Waals surface area contributed by atoms with Crippen LogP contribution in [-0.4, -0.2) is 0 Å². The number of allylic oxidation sites excluding steroid dienone is 2. The summed E-state index contributed by atoms with van der Waals surface area (Å²) < 4.78 is 0. The van der Waals surface area contributed by atoms with E-state index in [1.165, 1.54) is 25.7 Å². The van der Waals surface area contributed by atoms with Crippen molar-refractivity contribution in [3.63, 3.8) is 0 Å². The SMILES string of the molecule is C/C=C/CCC(C)(C)CCC. The predicted octanol–water partition coefficient (Wildman–Crippen LogP) is 4.17. The van der Waals surface area contributed by atoms with Crippen molar-refractivity contribution in [3.8, 4) is 0 Å². The third-order valence-electron chi connectivity index (χ3n) is 2.15. The highest BCUT2D eigenvalue weighted by molar-refractivity contribution is 4.80. The Morgan fingerprint density at radius 2 is 1.82 bits per heavy atom. The van der Waals surface area contributed by atoms with Gasteiger partial charge in [-0.05, 0) is 31.6 Å². The van der Waals surface area contributed by atoms with Gasteiger partial charge in [0.1, 0.15) is 0 Å². The molecule has 0 aromatic rings. The van der Waals surface area contributed by atoms with Crippen LogP contribution < -0.4 is 0 Å². The quantitative estimate of drug-likeness (QED) is 0.521. The number of rotatable bonds is 5. The van der Waals surface area contributed by atoms with Crippen LogP contribution in [0.3, 0.4) is 0 Å². The molecular formula is C11H22. The van der Waals surface area contributed by atoms with Gasteiger partial charge in [0, 0.05) is 0 Å². The van der Waals surface area contributed by atoms with Gasteiger partial charge in [0.25, 0.3) is 0 Å². The first-order valence-corrected chi connectivity index (χ1v) is 4.73. The minimum absolute atomic E-state index is 0.550. The second kappa shape index (κ2) is 5.40. The van der Waals surface area contributed by atoms with Gasteiger partial charge in [0.15, 0.2) is 0 Å². The Morgan fingerprint density at radius 3 is 2.27 bits per heavy atom. The van der Waals surface area contributed by atoms with Crippen LogP contribution >= 0.6 is 0 Å². The highest BCUT2D eigenvalue weighted by Gasteiger charge is 2.14. The van der Waals surface area contributed by atoms with E-state index >= 15 is 0 Å². The van der Waals surface area contributed by atoms with Crippen LogP contribution in [0.4, 0.5) is 0 Å². The lowest BCUT2D eigenvalue weighted by molar-refractivity contribution is 0.307. The molecular weight excluding hydrogens is 132 g/mol. The molecule has 0 fully saturated rings. The van der Waals surface area contributed by atoms with Gasteiger partial charge in [-0.25, -0.2) is 0 Å². The van der Waals surface area contributed by atoms with Crippen LogP contribution in [0.15, 0.2) is 12.2 Å². The van der Waals surface area contributed by atoms with Crippen LogP contribution in [0, 0.1) is 5.41 Å². The largest absolute Gasteiger partial charge is 0.0917 e. The predicted molar refractivity (Wildman–Crippen MR) is 52.7 cm³/mol. The summed E-state index contributed by atoms with van der Waals surface area (Å²) in [7, 11) is 0. The topological polar surface area (TPSA) is 0 Å². The Balaban J connectivity index is 3.54. The smallest absolute Gasteiger partial charge is 0.0346 e. The first-order valence-electron chi connectivity index (χ1n) is 4.73. The third kappa shape index (κ3) is 6.15. The van der Waals surface area contributed by atoms with Gasteiger partial charge in [-0.15, -0.1) is 0 Å². The zero-order valence-corrected chi connectivity index (χ0v) is 8.48. The molecule has 0 aliphatic heterocycles. The molecule has 0 aromatic carbocycles. The van der Waals surface area contributed by atoms with Crippen molar-refractivity contribution in [1.82, 2.24) is 0 Å². The summed E-state index contributed by atoms with van der Waals surface area (Å²) >= 11 is 0. The maximum absolute atomic E-state index is 2.36. The van der Waals surface area contributed by atoms with E-state index in [0.29, 0.717) is 5.41 Å². The van der Waals surface area contributed by atoms with Gasteiger partial charge in [-0.2, -0.15) is 0 Å². The maximum Gasteiger partial charge on any atom is -0.0346 e. The fourth-order valence-electron chi connectivity index (χ4n) is 1.44. The van der Waals surface area contributed by atoms with Crippen molar-refractivity contribution in [2.75, 3.05) is 0 Å². The Labute approximate surface area is 71.7 Å². The van der Waals surface area contributed by atoms with E-state index in [4.69, 9.17) is 0 Å². The lowest BCUT2D eigenvalue weighted by atomic mass is 9.83. The molecule has 11 heavy (non-hydrogen) atoms. The van der Waals surface area contributed by atoms with Crippen molar-refractivity contribution < 1.29 is 0 Å². The standard InChI is InChI=1S/C11H22/c1-5-7-8-10-11(3,4)9-6-2/h5,7H,6,8-10H2,1-4H3/b7-5+. The third-order valence-corrected chi connectivity index (χ3v) is 2.15. The molecule has 0 radical (unpaired) electrons. The van der Waals surface area contributed by atoms with Crippen molar-refractivity contribution in [1.29, 1.82) is 0 Å². The summed E-state index contributed by atoms with van der Waals surface area (Å²) in [5, 5.41) is 0.